The Labute approximate surface area is 121 Å². The lowest BCUT2D eigenvalue weighted by Gasteiger charge is -2.16. The second-order valence-corrected chi connectivity index (χ2v) is 6.63. The van der Waals surface area contributed by atoms with Crippen LogP contribution in [0.1, 0.15) is 41.3 Å². The molecule has 1 atom stereocenters. The fourth-order valence-electron chi connectivity index (χ4n) is 2.54. The molecule has 0 bridgehead atoms. The minimum absolute atomic E-state index is 0.0928. The van der Waals surface area contributed by atoms with Crippen LogP contribution in [0.2, 0.25) is 0 Å². The summed E-state index contributed by atoms with van der Waals surface area (Å²) in [4.78, 5) is 0.0928. The fraction of sp³-hybridized carbons (Fsp3) is 0.375. The van der Waals surface area contributed by atoms with E-state index in [0.717, 1.165) is 23.7 Å². The van der Waals surface area contributed by atoms with Crippen molar-refractivity contribution in [3.63, 3.8) is 0 Å². The van der Waals surface area contributed by atoms with Gasteiger partial charge >= 0.3 is 0 Å². The quantitative estimate of drug-likeness (QED) is 0.742. The molecule has 0 radical (unpaired) electrons. The fourth-order valence-corrected chi connectivity index (χ4v) is 3.07. The van der Waals surface area contributed by atoms with E-state index >= 15 is 0 Å². The van der Waals surface area contributed by atoms with E-state index in [9.17, 15) is 0 Å². The van der Waals surface area contributed by atoms with Crippen molar-refractivity contribution in [2.45, 2.75) is 37.6 Å². The third-order valence-electron chi connectivity index (χ3n) is 3.39. The normalized spacial score (nSPS) is 17.9. The Morgan fingerprint density at radius 2 is 2.00 bits per heavy atom. The Bertz CT molecular complexity index is 613. The lowest BCUT2D eigenvalue weighted by Crippen LogP contribution is -2.24. The summed E-state index contributed by atoms with van der Waals surface area (Å²) in [6, 6.07) is 10.4. The number of ether oxygens (including phenoxy) is 1. The molecular weight excluding hydrogens is 304 g/mol. The van der Waals surface area contributed by atoms with E-state index in [4.69, 9.17) is 9.15 Å². The molecule has 3 heteroatoms. The highest BCUT2D eigenvalue weighted by Crippen LogP contribution is 2.39. The summed E-state index contributed by atoms with van der Waals surface area (Å²) in [5.41, 5.74) is 2.38. The highest BCUT2D eigenvalue weighted by Gasteiger charge is 2.30. The molecule has 0 fully saturated rings. The third-order valence-corrected chi connectivity index (χ3v) is 4.37. The minimum Gasteiger partial charge on any atom is -0.487 e. The number of halogens is 1. The van der Waals surface area contributed by atoms with Crippen LogP contribution in [-0.2, 0) is 6.42 Å². The minimum atomic E-state index is -0.0932. The Hall–Kier alpha value is -1.22. The van der Waals surface area contributed by atoms with Crippen LogP contribution in [-0.4, -0.2) is 5.60 Å². The number of furan rings is 1. The highest BCUT2D eigenvalue weighted by molar-refractivity contribution is 9.09. The number of hydrogen-bond donors (Lipinski definition) is 0. The first-order chi connectivity index (χ1) is 8.94. The Morgan fingerprint density at radius 3 is 2.68 bits per heavy atom. The van der Waals surface area contributed by atoms with Gasteiger partial charge in [0.15, 0.2) is 0 Å². The van der Waals surface area contributed by atoms with Crippen molar-refractivity contribution >= 4 is 15.9 Å². The van der Waals surface area contributed by atoms with Crippen LogP contribution in [0.15, 0.2) is 34.7 Å². The summed E-state index contributed by atoms with van der Waals surface area (Å²) in [6.45, 7) is 6.20. The molecular formula is C16H17BrO2. The molecule has 1 aliphatic heterocycles. The van der Waals surface area contributed by atoms with Gasteiger partial charge in [0.25, 0.3) is 0 Å². The van der Waals surface area contributed by atoms with Gasteiger partial charge in [-0.3, -0.25) is 0 Å². The van der Waals surface area contributed by atoms with E-state index in [1.54, 1.807) is 0 Å². The van der Waals surface area contributed by atoms with E-state index in [-0.39, 0.29) is 10.4 Å². The molecule has 1 aromatic carbocycles. The zero-order chi connectivity index (χ0) is 13.6. The van der Waals surface area contributed by atoms with Crippen LogP contribution in [0.3, 0.4) is 0 Å². The van der Waals surface area contributed by atoms with Gasteiger partial charge in [-0.05, 0) is 50.1 Å². The van der Waals surface area contributed by atoms with Gasteiger partial charge in [-0.2, -0.15) is 0 Å². The van der Waals surface area contributed by atoms with Crippen LogP contribution in [0.25, 0.3) is 0 Å². The van der Waals surface area contributed by atoms with E-state index in [1.165, 1.54) is 11.1 Å². The van der Waals surface area contributed by atoms with Gasteiger partial charge < -0.3 is 9.15 Å². The van der Waals surface area contributed by atoms with Crippen molar-refractivity contribution in [1.82, 2.24) is 0 Å². The average molecular weight is 321 g/mol. The first-order valence-corrected chi connectivity index (χ1v) is 7.38. The third kappa shape index (κ3) is 2.44. The van der Waals surface area contributed by atoms with Gasteiger partial charge in [0.05, 0.1) is 4.83 Å². The molecule has 1 unspecified atom stereocenters. The van der Waals surface area contributed by atoms with Crippen LogP contribution in [0.5, 0.6) is 5.75 Å². The lowest BCUT2D eigenvalue weighted by atomic mass is 9.99. The number of alkyl halides is 1. The van der Waals surface area contributed by atoms with E-state index in [0.29, 0.717) is 0 Å². The molecule has 2 heterocycles. The number of rotatable bonds is 2. The van der Waals surface area contributed by atoms with Crippen molar-refractivity contribution in [2.24, 2.45) is 0 Å². The molecule has 100 valence electrons. The maximum atomic E-state index is 5.90. The zero-order valence-electron chi connectivity index (χ0n) is 11.4. The van der Waals surface area contributed by atoms with Crippen LogP contribution in [0.4, 0.5) is 0 Å². The van der Waals surface area contributed by atoms with E-state index < -0.39 is 0 Å². The van der Waals surface area contributed by atoms with Crippen molar-refractivity contribution in [2.75, 3.05) is 0 Å². The summed E-state index contributed by atoms with van der Waals surface area (Å²) < 4.78 is 11.6. The molecule has 0 saturated heterocycles. The van der Waals surface area contributed by atoms with Crippen LogP contribution < -0.4 is 4.74 Å². The Morgan fingerprint density at radius 1 is 1.21 bits per heavy atom. The SMILES string of the molecule is Cc1ccc(C(Br)c2ccc3c(c2)CC(C)(C)O3)o1. The molecule has 2 nitrogen and oxygen atoms in total. The summed E-state index contributed by atoms with van der Waals surface area (Å²) in [7, 11) is 0. The number of fused-ring (bicyclic) bond motifs is 1. The van der Waals surface area contributed by atoms with Gasteiger partial charge in [-0.25, -0.2) is 0 Å². The molecule has 0 N–H and O–H groups in total. The lowest BCUT2D eigenvalue weighted by molar-refractivity contribution is 0.138. The first kappa shape index (κ1) is 12.8. The number of aryl methyl sites for hydroxylation is 1. The number of hydrogen-bond acceptors (Lipinski definition) is 2. The Balaban J connectivity index is 1.92. The van der Waals surface area contributed by atoms with Gasteiger partial charge in [0.1, 0.15) is 22.9 Å². The molecule has 1 aromatic heterocycles. The summed E-state index contributed by atoms with van der Waals surface area (Å²) in [6.07, 6.45) is 0.951. The van der Waals surface area contributed by atoms with E-state index in [1.807, 2.05) is 19.1 Å². The van der Waals surface area contributed by atoms with Crippen LogP contribution >= 0.6 is 15.9 Å². The van der Waals surface area contributed by atoms with Gasteiger partial charge in [-0.1, -0.05) is 28.1 Å². The van der Waals surface area contributed by atoms with Gasteiger partial charge in [-0.15, -0.1) is 0 Å². The maximum absolute atomic E-state index is 5.90. The summed E-state index contributed by atoms with van der Waals surface area (Å²) in [5, 5.41) is 0. The second-order valence-electron chi connectivity index (χ2n) is 5.72. The molecule has 19 heavy (non-hydrogen) atoms. The summed E-state index contributed by atoms with van der Waals surface area (Å²) >= 11 is 3.71. The maximum Gasteiger partial charge on any atom is 0.123 e. The first-order valence-electron chi connectivity index (χ1n) is 6.47. The van der Waals surface area contributed by atoms with Crippen molar-refractivity contribution in [1.29, 1.82) is 0 Å². The average Bonchev–Trinajstić information content (AvgIpc) is 2.88. The zero-order valence-corrected chi connectivity index (χ0v) is 13.0. The highest BCUT2D eigenvalue weighted by atomic mass is 79.9. The molecule has 3 rings (SSSR count). The monoisotopic (exact) mass is 320 g/mol. The van der Waals surface area contributed by atoms with Crippen LogP contribution in [0, 0.1) is 6.92 Å². The van der Waals surface area contributed by atoms with Gasteiger partial charge in [0.2, 0.25) is 0 Å². The molecule has 2 aromatic rings. The standard InChI is InChI=1S/C16H17BrO2/c1-10-4-6-14(18-10)15(17)11-5-7-13-12(8-11)9-16(2,3)19-13/h4-8,15H,9H2,1-3H3. The largest absolute Gasteiger partial charge is 0.487 e. The predicted molar refractivity (Wildman–Crippen MR) is 79.1 cm³/mol. The molecule has 0 saturated carbocycles. The topological polar surface area (TPSA) is 22.4 Å². The summed E-state index contributed by atoms with van der Waals surface area (Å²) in [5.74, 6) is 2.88. The second kappa shape index (κ2) is 4.41. The van der Waals surface area contributed by atoms with Gasteiger partial charge in [0, 0.05) is 6.42 Å². The Kier molecular flexibility index (Phi) is 2.97. The number of benzene rings is 1. The molecule has 0 aliphatic carbocycles. The predicted octanol–water partition coefficient (Wildman–Crippen LogP) is 4.79. The molecule has 1 aliphatic rings. The smallest absolute Gasteiger partial charge is 0.123 e. The van der Waals surface area contributed by atoms with Crippen molar-refractivity contribution in [3.8, 4) is 5.75 Å². The van der Waals surface area contributed by atoms with E-state index in [2.05, 4.69) is 48.0 Å². The van der Waals surface area contributed by atoms with Crippen molar-refractivity contribution < 1.29 is 9.15 Å². The molecule has 0 amide bonds. The molecule has 0 spiro atoms. The van der Waals surface area contributed by atoms with Crippen molar-refractivity contribution in [3.05, 3.63) is 53.0 Å².